The van der Waals surface area contributed by atoms with E-state index in [0.29, 0.717) is 16.8 Å². The van der Waals surface area contributed by atoms with E-state index < -0.39 is 16.0 Å². The Morgan fingerprint density at radius 2 is 1.71 bits per heavy atom. The molecule has 4 rings (SSSR count). The van der Waals surface area contributed by atoms with Gasteiger partial charge in [0, 0.05) is 35.9 Å². The molecular formula is C20H17N3O4S. The van der Waals surface area contributed by atoms with E-state index in [4.69, 9.17) is 0 Å². The van der Waals surface area contributed by atoms with Gasteiger partial charge in [0.1, 0.15) is 5.69 Å². The van der Waals surface area contributed by atoms with Crippen molar-refractivity contribution in [2.24, 2.45) is 0 Å². The predicted octanol–water partition coefficient (Wildman–Crippen LogP) is 3.33. The fourth-order valence-corrected chi connectivity index (χ4v) is 4.06. The van der Waals surface area contributed by atoms with Crippen molar-refractivity contribution < 1.29 is 18.3 Å². The van der Waals surface area contributed by atoms with Crippen molar-refractivity contribution >= 4 is 37.8 Å². The van der Waals surface area contributed by atoms with Gasteiger partial charge in [-0.25, -0.2) is 22.5 Å². The third-order valence-corrected chi connectivity index (χ3v) is 6.45. The summed E-state index contributed by atoms with van der Waals surface area (Å²) in [6.07, 6.45) is 0. The molecule has 2 N–H and O–H groups in total. The molecule has 0 aliphatic rings. The first kappa shape index (κ1) is 18.1. The number of pyridine rings is 1. The second-order valence-electron chi connectivity index (χ2n) is 6.57. The third kappa shape index (κ3) is 2.83. The van der Waals surface area contributed by atoms with Gasteiger partial charge < -0.3 is 10.1 Å². The molecule has 0 radical (unpaired) electrons. The van der Waals surface area contributed by atoms with E-state index >= 15 is 0 Å². The number of aromatic amines is 1. The summed E-state index contributed by atoms with van der Waals surface area (Å²) in [4.78, 5) is 19.3. The number of fused-ring (bicyclic) bond motifs is 3. The van der Waals surface area contributed by atoms with E-state index in [9.17, 15) is 18.3 Å². The maximum atomic E-state index is 12.3. The van der Waals surface area contributed by atoms with Crippen LogP contribution in [0.1, 0.15) is 10.5 Å². The summed E-state index contributed by atoms with van der Waals surface area (Å²) < 4.78 is 25.7. The van der Waals surface area contributed by atoms with Crippen LogP contribution in [-0.4, -0.2) is 47.9 Å². The molecule has 28 heavy (non-hydrogen) atoms. The van der Waals surface area contributed by atoms with Gasteiger partial charge in [-0.3, -0.25) is 0 Å². The summed E-state index contributed by atoms with van der Waals surface area (Å²) in [7, 11) is -0.615. The Morgan fingerprint density at radius 3 is 2.36 bits per heavy atom. The Morgan fingerprint density at radius 1 is 1.04 bits per heavy atom. The molecule has 2 heterocycles. The average Bonchev–Trinajstić information content (AvgIpc) is 3.06. The lowest BCUT2D eigenvalue weighted by atomic mass is 10.1. The smallest absolute Gasteiger partial charge is 0.354 e. The normalized spacial score (nSPS) is 12.1. The summed E-state index contributed by atoms with van der Waals surface area (Å²) in [5, 5.41) is 11.1. The van der Waals surface area contributed by atoms with Gasteiger partial charge in [0.15, 0.2) is 0 Å². The van der Waals surface area contributed by atoms with Gasteiger partial charge in [-0.05, 0) is 24.3 Å². The van der Waals surface area contributed by atoms with Gasteiger partial charge in [0.05, 0.1) is 16.1 Å². The van der Waals surface area contributed by atoms with Gasteiger partial charge in [-0.15, -0.1) is 0 Å². The van der Waals surface area contributed by atoms with Crippen LogP contribution in [0.25, 0.3) is 33.1 Å². The van der Waals surface area contributed by atoms with Crippen molar-refractivity contribution in [2.45, 2.75) is 4.90 Å². The minimum Gasteiger partial charge on any atom is -0.477 e. The van der Waals surface area contributed by atoms with E-state index in [0.717, 1.165) is 20.6 Å². The highest BCUT2D eigenvalue weighted by Crippen LogP contribution is 2.33. The van der Waals surface area contributed by atoms with E-state index in [1.165, 1.54) is 26.2 Å². The number of H-pyrrole nitrogens is 1. The summed E-state index contributed by atoms with van der Waals surface area (Å²) >= 11 is 0. The Labute approximate surface area is 161 Å². The first-order valence-corrected chi connectivity index (χ1v) is 9.91. The van der Waals surface area contributed by atoms with Crippen LogP contribution in [-0.2, 0) is 10.0 Å². The number of benzene rings is 2. The Balaban J connectivity index is 1.96. The molecule has 0 aliphatic carbocycles. The molecule has 8 heteroatoms. The van der Waals surface area contributed by atoms with E-state index in [1.54, 1.807) is 18.2 Å². The van der Waals surface area contributed by atoms with Crippen LogP contribution >= 0.6 is 0 Å². The van der Waals surface area contributed by atoms with E-state index in [-0.39, 0.29) is 10.6 Å². The zero-order valence-corrected chi connectivity index (χ0v) is 16.0. The Hall–Kier alpha value is -3.23. The standard InChI is InChI=1S/C20H17N3O4S/c1-23(2)28(26,27)13-9-7-12(8-10-13)18-19-15(11-17(22-18)20(24)25)14-5-3-4-6-16(14)21-19/h3-11,21H,1-2H3,(H,24,25). The number of carboxylic acids is 1. The number of hydrogen-bond acceptors (Lipinski definition) is 4. The number of aromatic nitrogens is 2. The van der Waals surface area contributed by atoms with Crippen LogP contribution in [0.15, 0.2) is 59.5 Å². The maximum Gasteiger partial charge on any atom is 0.354 e. The van der Waals surface area contributed by atoms with Crippen LogP contribution in [0.4, 0.5) is 0 Å². The second-order valence-corrected chi connectivity index (χ2v) is 8.72. The van der Waals surface area contributed by atoms with Gasteiger partial charge in [-0.2, -0.15) is 0 Å². The van der Waals surface area contributed by atoms with Crippen LogP contribution in [0.3, 0.4) is 0 Å². The number of sulfonamides is 1. The molecule has 0 saturated carbocycles. The summed E-state index contributed by atoms with van der Waals surface area (Å²) in [5.74, 6) is -1.12. The van der Waals surface area contributed by atoms with Crippen molar-refractivity contribution in [3.8, 4) is 11.3 Å². The van der Waals surface area contributed by atoms with Crippen molar-refractivity contribution in [1.82, 2.24) is 14.3 Å². The van der Waals surface area contributed by atoms with Gasteiger partial charge in [-0.1, -0.05) is 30.3 Å². The highest BCUT2D eigenvalue weighted by molar-refractivity contribution is 7.89. The van der Waals surface area contributed by atoms with Crippen LogP contribution < -0.4 is 0 Å². The molecule has 0 atom stereocenters. The van der Waals surface area contributed by atoms with Crippen LogP contribution in [0, 0.1) is 0 Å². The maximum absolute atomic E-state index is 12.3. The first-order chi connectivity index (χ1) is 13.3. The first-order valence-electron chi connectivity index (χ1n) is 8.47. The number of rotatable bonds is 4. The SMILES string of the molecule is CN(C)S(=O)(=O)c1ccc(-c2nc(C(=O)O)cc3c2[nH]c2ccccc23)cc1. The molecule has 0 fully saturated rings. The van der Waals surface area contributed by atoms with Crippen LogP contribution in [0.5, 0.6) is 0 Å². The molecule has 0 saturated heterocycles. The molecule has 0 spiro atoms. The number of para-hydroxylation sites is 1. The molecule has 4 aromatic rings. The van der Waals surface area contributed by atoms with E-state index in [2.05, 4.69) is 9.97 Å². The van der Waals surface area contributed by atoms with Gasteiger partial charge >= 0.3 is 5.97 Å². The predicted molar refractivity (Wildman–Crippen MR) is 107 cm³/mol. The summed E-state index contributed by atoms with van der Waals surface area (Å²) in [6, 6.07) is 15.4. The van der Waals surface area contributed by atoms with Crippen molar-refractivity contribution in [1.29, 1.82) is 0 Å². The minimum atomic E-state index is -3.55. The second kappa shape index (κ2) is 6.43. The lowest BCUT2D eigenvalue weighted by Crippen LogP contribution is -2.22. The minimum absolute atomic E-state index is 0.0720. The van der Waals surface area contributed by atoms with Crippen molar-refractivity contribution in [3.63, 3.8) is 0 Å². The summed E-state index contributed by atoms with van der Waals surface area (Å²) in [6.45, 7) is 0. The number of nitrogens with one attached hydrogen (secondary N) is 1. The molecule has 142 valence electrons. The highest BCUT2D eigenvalue weighted by Gasteiger charge is 2.19. The quantitative estimate of drug-likeness (QED) is 0.552. The number of carbonyl (C=O) groups is 1. The number of carboxylic acid groups (broad SMARTS) is 1. The monoisotopic (exact) mass is 395 g/mol. The number of hydrogen-bond donors (Lipinski definition) is 2. The molecular weight excluding hydrogens is 378 g/mol. The zero-order chi connectivity index (χ0) is 20.1. The van der Waals surface area contributed by atoms with Crippen molar-refractivity contribution in [3.05, 3.63) is 60.3 Å². The van der Waals surface area contributed by atoms with E-state index in [1.807, 2.05) is 24.3 Å². The fourth-order valence-electron chi connectivity index (χ4n) is 3.16. The van der Waals surface area contributed by atoms with Gasteiger partial charge in [0.25, 0.3) is 0 Å². The fraction of sp³-hybridized carbons (Fsp3) is 0.100. The molecule has 2 aromatic heterocycles. The Kier molecular flexibility index (Phi) is 4.17. The highest BCUT2D eigenvalue weighted by atomic mass is 32.2. The third-order valence-electron chi connectivity index (χ3n) is 4.62. The lowest BCUT2D eigenvalue weighted by Gasteiger charge is -2.12. The number of nitrogens with zero attached hydrogens (tertiary/aromatic N) is 2. The molecule has 0 aliphatic heterocycles. The molecule has 7 nitrogen and oxygen atoms in total. The summed E-state index contributed by atoms with van der Waals surface area (Å²) in [5.41, 5.74) is 2.58. The lowest BCUT2D eigenvalue weighted by molar-refractivity contribution is 0.0691. The largest absolute Gasteiger partial charge is 0.477 e. The topological polar surface area (TPSA) is 103 Å². The van der Waals surface area contributed by atoms with Crippen LogP contribution in [0.2, 0.25) is 0 Å². The molecule has 0 unspecified atom stereocenters. The molecule has 2 aromatic carbocycles. The molecule has 0 amide bonds. The Bertz CT molecular complexity index is 1320. The molecule has 0 bridgehead atoms. The average molecular weight is 395 g/mol. The van der Waals surface area contributed by atoms with Gasteiger partial charge in [0.2, 0.25) is 10.0 Å². The van der Waals surface area contributed by atoms with Crippen molar-refractivity contribution in [2.75, 3.05) is 14.1 Å². The number of aromatic carboxylic acids is 1. The zero-order valence-electron chi connectivity index (χ0n) is 15.2.